The summed E-state index contributed by atoms with van der Waals surface area (Å²) >= 11 is 0. The van der Waals surface area contributed by atoms with Crippen LogP contribution in [-0.2, 0) is 9.59 Å². The molecule has 1 saturated heterocycles. The minimum atomic E-state index is 0.0834. The average molecular weight is 288 g/mol. The number of amides is 1. The fourth-order valence-corrected chi connectivity index (χ4v) is 2.97. The topological polar surface area (TPSA) is 40.6 Å². The molecule has 0 spiro atoms. The van der Waals surface area contributed by atoms with Gasteiger partial charge in [-0.15, -0.1) is 0 Å². The smallest absolute Gasteiger partial charge is 0.241 e. The summed E-state index contributed by atoms with van der Waals surface area (Å²) in [5.41, 5.74) is 2.09. The summed E-state index contributed by atoms with van der Waals surface area (Å²) in [5.74, 6) is 0.193. The van der Waals surface area contributed by atoms with E-state index in [1.807, 2.05) is 43.0 Å². The van der Waals surface area contributed by atoms with Gasteiger partial charge >= 0.3 is 0 Å². The molecule has 0 aliphatic carbocycles. The van der Waals surface area contributed by atoms with Gasteiger partial charge in [0.2, 0.25) is 5.91 Å². The van der Waals surface area contributed by atoms with Crippen molar-refractivity contribution in [3.8, 4) is 0 Å². The van der Waals surface area contributed by atoms with Crippen molar-refractivity contribution in [2.24, 2.45) is 5.92 Å². The molecule has 1 heterocycles. The number of hydrogen-bond donors (Lipinski definition) is 0. The first kappa shape index (κ1) is 15.7. The SMILES string of the molecule is CCN(C(=O)CN1CCCC(C=O)C1)c1ccccc1C. The van der Waals surface area contributed by atoms with Crippen LogP contribution in [-0.4, -0.2) is 43.3 Å². The summed E-state index contributed by atoms with van der Waals surface area (Å²) in [4.78, 5) is 27.4. The second-order valence-corrected chi connectivity index (χ2v) is 5.70. The van der Waals surface area contributed by atoms with Gasteiger partial charge in [-0.2, -0.15) is 0 Å². The quantitative estimate of drug-likeness (QED) is 0.780. The first-order valence-electron chi connectivity index (χ1n) is 7.69. The van der Waals surface area contributed by atoms with Crippen molar-refractivity contribution in [3.05, 3.63) is 29.8 Å². The van der Waals surface area contributed by atoms with E-state index in [9.17, 15) is 9.59 Å². The molecular weight excluding hydrogens is 264 g/mol. The van der Waals surface area contributed by atoms with Crippen molar-refractivity contribution in [2.45, 2.75) is 26.7 Å². The molecule has 1 aliphatic heterocycles. The second-order valence-electron chi connectivity index (χ2n) is 5.70. The highest BCUT2D eigenvalue weighted by Gasteiger charge is 2.23. The Hall–Kier alpha value is -1.68. The summed E-state index contributed by atoms with van der Waals surface area (Å²) in [6, 6.07) is 7.95. The van der Waals surface area contributed by atoms with Crippen molar-refractivity contribution in [2.75, 3.05) is 31.1 Å². The van der Waals surface area contributed by atoms with Crippen LogP contribution in [0.15, 0.2) is 24.3 Å². The zero-order chi connectivity index (χ0) is 15.2. The van der Waals surface area contributed by atoms with E-state index in [2.05, 4.69) is 4.90 Å². The Kier molecular flexibility index (Phi) is 5.51. The Balaban J connectivity index is 2.04. The van der Waals surface area contributed by atoms with Gasteiger partial charge in [0.05, 0.1) is 6.54 Å². The fraction of sp³-hybridized carbons (Fsp3) is 0.529. The largest absolute Gasteiger partial charge is 0.311 e. The molecule has 0 radical (unpaired) electrons. The molecule has 1 amide bonds. The molecule has 1 aromatic carbocycles. The maximum absolute atomic E-state index is 12.6. The lowest BCUT2D eigenvalue weighted by Gasteiger charge is -2.32. The average Bonchev–Trinajstić information content (AvgIpc) is 2.50. The number of para-hydroxylation sites is 1. The molecule has 114 valence electrons. The molecule has 2 rings (SSSR count). The van der Waals surface area contributed by atoms with Crippen LogP contribution in [0.1, 0.15) is 25.3 Å². The number of likely N-dealkylation sites (tertiary alicyclic amines) is 1. The molecule has 1 aromatic rings. The standard InChI is InChI=1S/C17H24N2O2/c1-3-19(16-9-5-4-7-14(16)2)17(21)12-18-10-6-8-15(11-18)13-20/h4-5,7,9,13,15H,3,6,8,10-12H2,1-2H3. The molecule has 1 aliphatic rings. The molecular formula is C17H24N2O2. The van der Waals surface area contributed by atoms with Gasteiger partial charge in [0.25, 0.3) is 0 Å². The third kappa shape index (κ3) is 3.91. The number of aldehydes is 1. The summed E-state index contributed by atoms with van der Waals surface area (Å²) in [6.45, 7) is 6.69. The van der Waals surface area contributed by atoms with E-state index in [-0.39, 0.29) is 11.8 Å². The number of carbonyl (C=O) groups excluding carboxylic acids is 2. The van der Waals surface area contributed by atoms with Gasteiger partial charge in [-0.25, -0.2) is 0 Å². The van der Waals surface area contributed by atoms with Crippen molar-refractivity contribution in [3.63, 3.8) is 0 Å². The van der Waals surface area contributed by atoms with Crippen LogP contribution in [0.3, 0.4) is 0 Å². The van der Waals surface area contributed by atoms with Gasteiger partial charge in [0, 0.05) is 24.7 Å². The summed E-state index contributed by atoms with van der Waals surface area (Å²) in [5, 5.41) is 0. The molecule has 1 fully saturated rings. The number of nitrogens with zero attached hydrogens (tertiary/aromatic N) is 2. The van der Waals surface area contributed by atoms with Gasteiger partial charge in [0.1, 0.15) is 6.29 Å². The van der Waals surface area contributed by atoms with E-state index in [1.54, 1.807) is 0 Å². The Morgan fingerprint density at radius 1 is 1.43 bits per heavy atom. The van der Waals surface area contributed by atoms with Crippen LogP contribution in [0.4, 0.5) is 5.69 Å². The predicted molar refractivity (Wildman–Crippen MR) is 84.4 cm³/mol. The Labute approximate surface area is 126 Å². The van der Waals surface area contributed by atoms with Crippen molar-refractivity contribution < 1.29 is 9.59 Å². The molecule has 0 bridgehead atoms. The lowest BCUT2D eigenvalue weighted by molar-refractivity contribution is -0.121. The maximum atomic E-state index is 12.6. The number of anilines is 1. The summed E-state index contributed by atoms with van der Waals surface area (Å²) < 4.78 is 0. The highest BCUT2D eigenvalue weighted by Crippen LogP contribution is 2.20. The van der Waals surface area contributed by atoms with E-state index >= 15 is 0 Å². The first-order chi connectivity index (χ1) is 10.2. The number of benzene rings is 1. The zero-order valence-electron chi connectivity index (χ0n) is 12.9. The van der Waals surface area contributed by atoms with Crippen LogP contribution in [0.2, 0.25) is 0 Å². The van der Waals surface area contributed by atoms with Crippen molar-refractivity contribution in [1.82, 2.24) is 4.90 Å². The minimum Gasteiger partial charge on any atom is -0.311 e. The van der Waals surface area contributed by atoms with Crippen LogP contribution < -0.4 is 4.90 Å². The highest BCUT2D eigenvalue weighted by molar-refractivity contribution is 5.95. The van der Waals surface area contributed by atoms with Gasteiger partial charge in [0.15, 0.2) is 0 Å². The second kappa shape index (κ2) is 7.36. The predicted octanol–water partition coefficient (Wildman–Crippen LogP) is 2.26. The van der Waals surface area contributed by atoms with Crippen LogP contribution in [0.25, 0.3) is 0 Å². The lowest BCUT2D eigenvalue weighted by atomic mass is 10.00. The van der Waals surface area contributed by atoms with Gasteiger partial charge in [-0.05, 0) is 44.9 Å². The molecule has 4 nitrogen and oxygen atoms in total. The number of carbonyl (C=O) groups is 2. The Morgan fingerprint density at radius 2 is 2.19 bits per heavy atom. The van der Waals surface area contributed by atoms with Crippen LogP contribution >= 0.6 is 0 Å². The first-order valence-corrected chi connectivity index (χ1v) is 7.69. The van der Waals surface area contributed by atoms with E-state index in [0.717, 1.165) is 36.9 Å². The fourth-order valence-electron chi connectivity index (χ4n) is 2.97. The number of aryl methyl sites for hydroxylation is 1. The molecule has 0 N–H and O–H groups in total. The van der Waals surface area contributed by atoms with E-state index in [0.29, 0.717) is 19.6 Å². The van der Waals surface area contributed by atoms with E-state index in [4.69, 9.17) is 0 Å². The monoisotopic (exact) mass is 288 g/mol. The van der Waals surface area contributed by atoms with Crippen molar-refractivity contribution >= 4 is 17.9 Å². The van der Waals surface area contributed by atoms with E-state index in [1.165, 1.54) is 0 Å². The van der Waals surface area contributed by atoms with Crippen LogP contribution in [0, 0.1) is 12.8 Å². The molecule has 0 saturated carbocycles. The summed E-state index contributed by atoms with van der Waals surface area (Å²) in [6.07, 6.45) is 2.96. The highest BCUT2D eigenvalue weighted by atomic mass is 16.2. The van der Waals surface area contributed by atoms with Crippen LogP contribution in [0.5, 0.6) is 0 Å². The Bertz CT molecular complexity index is 501. The number of rotatable bonds is 5. The summed E-state index contributed by atoms with van der Waals surface area (Å²) in [7, 11) is 0. The maximum Gasteiger partial charge on any atom is 0.241 e. The normalized spacial score (nSPS) is 19.2. The van der Waals surface area contributed by atoms with E-state index < -0.39 is 0 Å². The molecule has 1 atom stereocenters. The van der Waals surface area contributed by atoms with Gasteiger partial charge < -0.3 is 9.69 Å². The third-order valence-corrected chi connectivity index (χ3v) is 4.12. The Morgan fingerprint density at radius 3 is 2.86 bits per heavy atom. The third-order valence-electron chi connectivity index (χ3n) is 4.12. The number of likely N-dealkylation sites (N-methyl/N-ethyl adjacent to an activating group) is 1. The molecule has 1 unspecified atom stereocenters. The molecule has 21 heavy (non-hydrogen) atoms. The lowest BCUT2D eigenvalue weighted by Crippen LogP contribution is -2.44. The van der Waals surface area contributed by atoms with Gasteiger partial charge in [-0.1, -0.05) is 18.2 Å². The minimum absolute atomic E-state index is 0.0834. The number of piperidine rings is 1. The van der Waals surface area contributed by atoms with Crippen molar-refractivity contribution in [1.29, 1.82) is 0 Å². The zero-order valence-corrected chi connectivity index (χ0v) is 12.9. The molecule has 4 heteroatoms. The molecule has 0 aromatic heterocycles. The number of hydrogen-bond acceptors (Lipinski definition) is 3. The van der Waals surface area contributed by atoms with Gasteiger partial charge in [-0.3, -0.25) is 9.69 Å².